The molecule has 1 aromatic carbocycles. The Kier molecular flexibility index (Phi) is 5.54. The fraction of sp³-hybridized carbons (Fsp3) is 0.538. The van der Waals surface area contributed by atoms with Crippen LogP contribution in [0.5, 0.6) is 5.75 Å². The predicted molar refractivity (Wildman–Crippen MR) is 86.5 cm³/mol. The van der Waals surface area contributed by atoms with Crippen LogP contribution in [0.15, 0.2) is 21.5 Å². The predicted octanol–water partition coefficient (Wildman–Crippen LogP) is 2.48. The maximum absolute atomic E-state index is 12.9. The first kappa shape index (κ1) is 17.0. The van der Waals surface area contributed by atoms with Gasteiger partial charge >= 0.3 is 0 Å². The Balaban J connectivity index is 2.43. The van der Waals surface area contributed by atoms with Gasteiger partial charge in [-0.25, -0.2) is 8.42 Å². The molecule has 0 atom stereocenters. The van der Waals surface area contributed by atoms with Crippen LogP contribution in [0.4, 0.5) is 0 Å². The number of sulfonamides is 1. The van der Waals surface area contributed by atoms with Gasteiger partial charge in [0.05, 0.1) is 11.6 Å². The molecule has 1 fully saturated rings. The fourth-order valence-corrected chi connectivity index (χ4v) is 5.23. The van der Waals surface area contributed by atoms with Gasteiger partial charge < -0.3 is 10.1 Å². The highest BCUT2D eigenvalue weighted by molar-refractivity contribution is 9.10. The van der Waals surface area contributed by atoms with Crippen molar-refractivity contribution in [2.75, 3.05) is 27.2 Å². The minimum atomic E-state index is -3.66. The van der Waals surface area contributed by atoms with Crippen molar-refractivity contribution < 1.29 is 13.2 Å². The summed E-state index contributed by atoms with van der Waals surface area (Å²) >= 11 is 9.29. The van der Waals surface area contributed by atoms with Gasteiger partial charge in [0.1, 0.15) is 4.90 Å². The van der Waals surface area contributed by atoms with Crippen molar-refractivity contribution in [2.45, 2.75) is 23.8 Å². The van der Waals surface area contributed by atoms with Gasteiger partial charge in [0.2, 0.25) is 10.0 Å². The van der Waals surface area contributed by atoms with E-state index >= 15 is 0 Å². The molecule has 0 spiro atoms. The highest BCUT2D eigenvalue weighted by Crippen LogP contribution is 2.37. The Morgan fingerprint density at radius 1 is 1.38 bits per heavy atom. The van der Waals surface area contributed by atoms with Crippen molar-refractivity contribution in [2.24, 2.45) is 0 Å². The molecule has 0 amide bonds. The van der Waals surface area contributed by atoms with E-state index in [0.717, 1.165) is 25.9 Å². The zero-order chi connectivity index (χ0) is 15.6. The third-order valence-electron chi connectivity index (χ3n) is 3.66. The van der Waals surface area contributed by atoms with Crippen LogP contribution >= 0.6 is 27.5 Å². The smallest absolute Gasteiger partial charge is 0.246 e. The Morgan fingerprint density at radius 2 is 2.00 bits per heavy atom. The molecule has 0 saturated carbocycles. The van der Waals surface area contributed by atoms with Crippen molar-refractivity contribution in [1.82, 2.24) is 9.62 Å². The average molecular weight is 398 g/mol. The Morgan fingerprint density at radius 3 is 2.57 bits per heavy atom. The number of hydrogen-bond acceptors (Lipinski definition) is 4. The number of rotatable bonds is 4. The van der Waals surface area contributed by atoms with Crippen LogP contribution in [0.2, 0.25) is 5.02 Å². The number of hydrogen-bond donors (Lipinski definition) is 1. The lowest BCUT2D eigenvalue weighted by atomic mass is 10.1. The summed E-state index contributed by atoms with van der Waals surface area (Å²) in [5.41, 5.74) is 0. The summed E-state index contributed by atoms with van der Waals surface area (Å²) in [5, 5.41) is 3.57. The van der Waals surface area contributed by atoms with E-state index in [4.69, 9.17) is 16.3 Å². The maximum Gasteiger partial charge on any atom is 0.246 e. The summed E-state index contributed by atoms with van der Waals surface area (Å²) in [7, 11) is -0.608. The van der Waals surface area contributed by atoms with Crippen LogP contribution in [0.1, 0.15) is 12.8 Å². The zero-order valence-electron chi connectivity index (χ0n) is 11.9. The lowest BCUT2D eigenvalue weighted by Crippen LogP contribution is -2.43. The molecule has 0 aromatic heterocycles. The molecule has 0 unspecified atom stereocenters. The minimum Gasteiger partial charge on any atom is -0.494 e. The Bertz CT molecular complexity index is 618. The van der Waals surface area contributed by atoms with Gasteiger partial charge in [-0.05, 0) is 54.0 Å². The molecule has 0 aliphatic carbocycles. The number of methoxy groups -OCH3 is 1. The molecule has 0 bridgehead atoms. The van der Waals surface area contributed by atoms with E-state index in [1.165, 1.54) is 17.5 Å². The van der Waals surface area contributed by atoms with Gasteiger partial charge in [0.25, 0.3) is 0 Å². The largest absolute Gasteiger partial charge is 0.494 e. The fourth-order valence-electron chi connectivity index (χ4n) is 2.45. The lowest BCUT2D eigenvalue weighted by Gasteiger charge is -2.31. The third-order valence-corrected chi connectivity index (χ3v) is 6.38. The van der Waals surface area contributed by atoms with E-state index in [-0.39, 0.29) is 16.7 Å². The molecule has 1 aliphatic rings. The quantitative estimate of drug-likeness (QED) is 0.848. The summed E-state index contributed by atoms with van der Waals surface area (Å²) in [5.74, 6) is 0.278. The zero-order valence-corrected chi connectivity index (χ0v) is 15.1. The van der Waals surface area contributed by atoms with Gasteiger partial charge in [-0.1, -0.05) is 11.6 Å². The van der Waals surface area contributed by atoms with Crippen LogP contribution in [0.25, 0.3) is 0 Å². The normalized spacial score (nSPS) is 17.2. The van der Waals surface area contributed by atoms with E-state index in [1.54, 1.807) is 13.1 Å². The molecule has 21 heavy (non-hydrogen) atoms. The van der Waals surface area contributed by atoms with Crippen LogP contribution < -0.4 is 10.1 Å². The van der Waals surface area contributed by atoms with Crippen LogP contribution in [-0.4, -0.2) is 46.0 Å². The summed E-state index contributed by atoms with van der Waals surface area (Å²) in [6.07, 6.45) is 1.58. The molecule has 1 aromatic rings. The third kappa shape index (κ3) is 3.53. The molecule has 118 valence electrons. The van der Waals surface area contributed by atoms with E-state index in [9.17, 15) is 8.42 Å². The van der Waals surface area contributed by atoms with Gasteiger partial charge in [0.15, 0.2) is 5.75 Å². The van der Waals surface area contributed by atoms with Crippen molar-refractivity contribution in [1.29, 1.82) is 0 Å². The van der Waals surface area contributed by atoms with Gasteiger partial charge in [-0.15, -0.1) is 0 Å². The summed E-state index contributed by atoms with van der Waals surface area (Å²) in [4.78, 5) is 0.0883. The molecular weight excluding hydrogens is 380 g/mol. The number of piperidine rings is 1. The van der Waals surface area contributed by atoms with E-state index in [0.29, 0.717) is 9.50 Å². The summed E-state index contributed by atoms with van der Waals surface area (Å²) in [6, 6.07) is 3.03. The second kappa shape index (κ2) is 6.83. The molecule has 1 aliphatic heterocycles. The first-order chi connectivity index (χ1) is 9.87. The van der Waals surface area contributed by atoms with Crippen molar-refractivity contribution >= 4 is 37.6 Å². The second-order valence-corrected chi connectivity index (χ2v) is 8.18. The molecule has 1 N–H and O–H groups in total. The average Bonchev–Trinajstić information content (AvgIpc) is 2.46. The number of ether oxygens (including phenoxy) is 1. The highest BCUT2D eigenvalue weighted by Gasteiger charge is 2.32. The standard InChI is InChI=1S/C13H18BrClN2O3S/c1-17(10-3-5-16-6-4-10)21(18,19)12-8-9(15)7-11(14)13(12)20-2/h7-8,10,16H,3-6H2,1-2H3. The number of nitrogens with zero attached hydrogens (tertiary/aromatic N) is 1. The van der Waals surface area contributed by atoms with Crippen LogP contribution in [-0.2, 0) is 10.0 Å². The van der Waals surface area contributed by atoms with Gasteiger partial charge in [-0.2, -0.15) is 4.31 Å². The van der Waals surface area contributed by atoms with E-state index in [2.05, 4.69) is 21.2 Å². The van der Waals surface area contributed by atoms with Gasteiger partial charge in [-0.3, -0.25) is 0 Å². The van der Waals surface area contributed by atoms with Crippen molar-refractivity contribution in [3.05, 3.63) is 21.6 Å². The maximum atomic E-state index is 12.9. The Labute approximate surface area is 138 Å². The molecule has 2 rings (SSSR count). The minimum absolute atomic E-state index is 0.0151. The monoisotopic (exact) mass is 396 g/mol. The first-order valence-corrected chi connectivity index (χ1v) is 9.21. The van der Waals surface area contributed by atoms with Crippen LogP contribution in [0.3, 0.4) is 0 Å². The van der Waals surface area contributed by atoms with E-state index < -0.39 is 10.0 Å². The first-order valence-electron chi connectivity index (χ1n) is 6.59. The Hall–Kier alpha value is -0.340. The van der Waals surface area contributed by atoms with Crippen molar-refractivity contribution in [3.63, 3.8) is 0 Å². The second-order valence-electron chi connectivity index (χ2n) is 4.92. The number of benzene rings is 1. The summed E-state index contributed by atoms with van der Waals surface area (Å²) < 4.78 is 32.9. The molecule has 5 nitrogen and oxygen atoms in total. The lowest BCUT2D eigenvalue weighted by molar-refractivity contribution is 0.295. The van der Waals surface area contributed by atoms with Crippen molar-refractivity contribution in [3.8, 4) is 5.75 Å². The molecule has 1 saturated heterocycles. The summed E-state index contributed by atoms with van der Waals surface area (Å²) in [6.45, 7) is 1.64. The molecule has 1 heterocycles. The topological polar surface area (TPSA) is 58.6 Å². The van der Waals surface area contributed by atoms with Gasteiger partial charge in [0, 0.05) is 18.1 Å². The molecular formula is C13H18BrClN2O3S. The number of halogens is 2. The van der Waals surface area contributed by atoms with Crippen LogP contribution in [0, 0.1) is 0 Å². The SMILES string of the molecule is COc1c(Br)cc(Cl)cc1S(=O)(=O)N(C)C1CCNCC1. The number of nitrogens with one attached hydrogen (secondary N) is 1. The molecule has 0 radical (unpaired) electrons. The highest BCUT2D eigenvalue weighted by atomic mass is 79.9. The molecule has 8 heteroatoms. The van der Waals surface area contributed by atoms with E-state index in [1.807, 2.05) is 0 Å².